The normalized spacial score (nSPS) is 14.1. The molecule has 0 heterocycles. The number of aliphatic hydroxyl groups excluding tert-OH is 1. The van der Waals surface area contributed by atoms with Gasteiger partial charge in [0.15, 0.2) is 12.2 Å². The molecular weight excluding hydrogens is 1190 g/mol. The number of hydrogen-bond acceptors (Lipinski definition) is 15. The molecule has 0 aromatic rings. The molecule has 90 heavy (non-hydrogen) atoms. The van der Waals surface area contributed by atoms with Crippen molar-refractivity contribution in [3.8, 4) is 0 Å². The predicted molar refractivity (Wildman–Crippen MR) is 363 cm³/mol. The first-order chi connectivity index (χ1) is 43.4. The van der Waals surface area contributed by atoms with Gasteiger partial charge < -0.3 is 33.8 Å². The monoisotopic (exact) mass is 1320 g/mol. The molecular formula is C71H138O17P2. The van der Waals surface area contributed by atoms with Crippen LogP contribution in [0, 0.1) is 11.8 Å². The first-order valence-electron chi connectivity index (χ1n) is 37.0. The van der Waals surface area contributed by atoms with Gasteiger partial charge in [-0.3, -0.25) is 37.3 Å². The summed E-state index contributed by atoms with van der Waals surface area (Å²) in [6, 6.07) is 0. The van der Waals surface area contributed by atoms with E-state index in [0.29, 0.717) is 31.6 Å². The number of esters is 4. The van der Waals surface area contributed by atoms with E-state index in [1.807, 2.05) is 0 Å². The van der Waals surface area contributed by atoms with E-state index < -0.39 is 97.5 Å². The van der Waals surface area contributed by atoms with Crippen LogP contribution in [0.15, 0.2) is 0 Å². The largest absolute Gasteiger partial charge is 0.472 e. The number of ether oxygens (including phenoxy) is 4. The fourth-order valence-corrected chi connectivity index (χ4v) is 12.3. The van der Waals surface area contributed by atoms with Crippen molar-refractivity contribution >= 4 is 39.5 Å². The van der Waals surface area contributed by atoms with Crippen molar-refractivity contribution in [2.75, 3.05) is 39.6 Å². The van der Waals surface area contributed by atoms with Gasteiger partial charge >= 0.3 is 39.5 Å². The Morgan fingerprint density at radius 3 is 0.756 bits per heavy atom. The molecule has 0 saturated carbocycles. The summed E-state index contributed by atoms with van der Waals surface area (Å²) in [5.41, 5.74) is 0. The Morgan fingerprint density at radius 1 is 0.300 bits per heavy atom. The standard InChI is InChI=1S/C71H138O17P2/c1-7-9-11-13-14-15-16-17-18-19-20-21-22-23-24-25-26-29-33-36-43-49-55-70(75)87-67(60-82-69(74)54-48-42-35-32-30-27-28-31-34-40-45-51-63(3)4)62-86-90(79,80)84-58-65(72)57-83-89(77,78)85-61-66(59-81-68(73)53-47-39-12-10-8-2)88-71(76)56-50-44-38-37-41-46-52-64(5)6/h63-67,72H,7-62H2,1-6H3,(H,77,78)(H,79,80)/t65-,66+,67+/m0/s1. The van der Waals surface area contributed by atoms with Crippen molar-refractivity contribution in [2.24, 2.45) is 11.8 Å². The van der Waals surface area contributed by atoms with Gasteiger partial charge in [-0.15, -0.1) is 0 Å². The van der Waals surface area contributed by atoms with Crippen LogP contribution in [0.3, 0.4) is 0 Å². The zero-order chi connectivity index (χ0) is 66.5. The quantitative estimate of drug-likeness (QED) is 0.0222. The minimum absolute atomic E-state index is 0.101. The Morgan fingerprint density at radius 2 is 0.511 bits per heavy atom. The summed E-state index contributed by atoms with van der Waals surface area (Å²) < 4.78 is 68.0. The molecule has 5 atom stereocenters. The molecule has 0 aromatic carbocycles. The van der Waals surface area contributed by atoms with Gasteiger partial charge in [-0.1, -0.05) is 311 Å². The average molecular weight is 1330 g/mol. The molecule has 0 aliphatic carbocycles. The number of rotatable bonds is 70. The van der Waals surface area contributed by atoms with Gasteiger partial charge in [0.2, 0.25) is 0 Å². The highest BCUT2D eigenvalue weighted by Gasteiger charge is 2.30. The van der Waals surface area contributed by atoms with Crippen LogP contribution in [0.1, 0.15) is 363 Å². The lowest BCUT2D eigenvalue weighted by Crippen LogP contribution is -2.30. The van der Waals surface area contributed by atoms with Crippen LogP contribution >= 0.6 is 15.6 Å². The number of aliphatic hydroxyl groups is 1. The van der Waals surface area contributed by atoms with Gasteiger partial charge in [0.05, 0.1) is 26.4 Å². The molecule has 0 amide bonds. The van der Waals surface area contributed by atoms with E-state index in [4.69, 9.17) is 37.0 Å². The highest BCUT2D eigenvalue weighted by Crippen LogP contribution is 2.45. The summed E-state index contributed by atoms with van der Waals surface area (Å²) in [5.74, 6) is -0.700. The molecule has 0 aliphatic rings. The minimum Gasteiger partial charge on any atom is -0.462 e. The van der Waals surface area contributed by atoms with Gasteiger partial charge in [0, 0.05) is 25.7 Å². The molecule has 0 rings (SSSR count). The van der Waals surface area contributed by atoms with Crippen molar-refractivity contribution in [3.63, 3.8) is 0 Å². The second-order valence-corrected chi connectivity index (χ2v) is 29.5. The molecule has 3 N–H and O–H groups in total. The van der Waals surface area contributed by atoms with Crippen LogP contribution in [0.4, 0.5) is 0 Å². The lowest BCUT2D eigenvalue weighted by atomic mass is 10.0. The highest BCUT2D eigenvalue weighted by molar-refractivity contribution is 7.47. The Kier molecular flexibility index (Phi) is 61.8. The Hall–Kier alpha value is -1.94. The fourth-order valence-electron chi connectivity index (χ4n) is 10.8. The Balaban J connectivity index is 5.09. The Labute approximate surface area is 549 Å². The van der Waals surface area contributed by atoms with E-state index >= 15 is 0 Å². The molecule has 0 aliphatic heterocycles. The second-order valence-electron chi connectivity index (χ2n) is 26.6. The summed E-state index contributed by atoms with van der Waals surface area (Å²) in [4.78, 5) is 72.2. The molecule has 0 saturated heterocycles. The van der Waals surface area contributed by atoms with Crippen molar-refractivity contribution < 1.29 is 80.2 Å². The number of carbonyl (C=O) groups is 4. The van der Waals surface area contributed by atoms with Crippen molar-refractivity contribution in [1.82, 2.24) is 0 Å². The smallest absolute Gasteiger partial charge is 0.462 e. The second kappa shape index (κ2) is 63.1. The maximum Gasteiger partial charge on any atom is 0.472 e. The predicted octanol–water partition coefficient (Wildman–Crippen LogP) is 20.4. The molecule has 0 fully saturated rings. The maximum atomic E-state index is 13.0. The van der Waals surface area contributed by atoms with Crippen molar-refractivity contribution in [3.05, 3.63) is 0 Å². The summed E-state index contributed by atoms with van der Waals surface area (Å²) in [6.45, 7) is 9.36. The van der Waals surface area contributed by atoms with Crippen LogP contribution in [0.25, 0.3) is 0 Å². The number of hydrogen-bond donors (Lipinski definition) is 3. The Bertz CT molecular complexity index is 1750. The van der Waals surface area contributed by atoms with Crippen LogP contribution in [-0.4, -0.2) is 96.7 Å². The lowest BCUT2D eigenvalue weighted by molar-refractivity contribution is -0.161. The van der Waals surface area contributed by atoms with Crippen LogP contribution in [0.5, 0.6) is 0 Å². The van der Waals surface area contributed by atoms with Gasteiger partial charge in [0.1, 0.15) is 19.3 Å². The van der Waals surface area contributed by atoms with Crippen LogP contribution < -0.4 is 0 Å². The van der Waals surface area contributed by atoms with Crippen molar-refractivity contribution in [2.45, 2.75) is 381 Å². The summed E-state index contributed by atoms with van der Waals surface area (Å²) >= 11 is 0. The van der Waals surface area contributed by atoms with E-state index in [0.717, 1.165) is 102 Å². The van der Waals surface area contributed by atoms with E-state index in [-0.39, 0.29) is 25.7 Å². The van der Waals surface area contributed by atoms with Gasteiger partial charge in [-0.2, -0.15) is 0 Å². The van der Waals surface area contributed by atoms with Gasteiger partial charge in [0.25, 0.3) is 0 Å². The SMILES string of the molecule is CCCCCCCCCCCCCCCCCCCCCCCCC(=O)O[C@H](COC(=O)CCCCCCCCCCCCCC(C)C)COP(=O)(O)OC[C@@H](O)COP(=O)(O)OC[C@@H](COC(=O)CCCCCCC)OC(=O)CCCCCCCCC(C)C. The van der Waals surface area contributed by atoms with Gasteiger partial charge in [-0.25, -0.2) is 9.13 Å². The molecule has 0 radical (unpaired) electrons. The highest BCUT2D eigenvalue weighted by atomic mass is 31.2. The number of carbonyl (C=O) groups excluding carboxylic acids is 4. The zero-order valence-corrected chi connectivity index (χ0v) is 60.2. The van der Waals surface area contributed by atoms with Gasteiger partial charge in [-0.05, 0) is 37.5 Å². The molecule has 0 bridgehead atoms. The topological polar surface area (TPSA) is 237 Å². The summed E-state index contributed by atoms with van der Waals surface area (Å²) in [6.07, 6.45) is 49.4. The lowest BCUT2D eigenvalue weighted by Gasteiger charge is -2.21. The maximum absolute atomic E-state index is 13.0. The van der Waals surface area contributed by atoms with E-state index in [9.17, 15) is 43.2 Å². The van der Waals surface area contributed by atoms with Crippen molar-refractivity contribution in [1.29, 1.82) is 0 Å². The van der Waals surface area contributed by atoms with Crippen LogP contribution in [0.2, 0.25) is 0 Å². The fraction of sp³-hybridized carbons (Fsp3) is 0.944. The third kappa shape index (κ3) is 64.8. The van der Waals surface area contributed by atoms with E-state index in [1.165, 1.54) is 173 Å². The number of unbranched alkanes of at least 4 members (excludes halogenated alkanes) is 40. The third-order valence-corrected chi connectivity index (χ3v) is 18.4. The van der Waals surface area contributed by atoms with E-state index in [2.05, 4.69) is 41.5 Å². The molecule has 534 valence electrons. The van der Waals surface area contributed by atoms with E-state index in [1.54, 1.807) is 0 Å². The zero-order valence-electron chi connectivity index (χ0n) is 58.4. The molecule has 17 nitrogen and oxygen atoms in total. The summed E-state index contributed by atoms with van der Waals surface area (Å²) in [7, 11) is -9.89. The first-order valence-corrected chi connectivity index (χ1v) is 40.0. The minimum atomic E-state index is -4.95. The molecule has 19 heteroatoms. The first kappa shape index (κ1) is 88.1. The number of phosphoric acid groups is 2. The molecule has 0 spiro atoms. The average Bonchev–Trinajstić information content (AvgIpc) is 3.69. The molecule has 0 aromatic heterocycles. The molecule has 2 unspecified atom stereocenters. The summed E-state index contributed by atoms with van der Waals surface area (Å²) in [5, 5.41) is 10.5. The third-order valence-electron chi connectivity index (χ3n) is 16.5. The number of phosphoric ester groups is 2. The van der Waals surface area contributed by atoms with Crippen LogP contribution in [-0.2, 0) is 65.4 Å².